The third-order valence-electron chi connectivity index (χ3n) is 3.18. The molecular weight excluding hydrogens is 308 g/mol. The molecule has 120 valence electrons. The van der Waals surface area contributed by atoms with Crippen LogP contribution in [0.1, 0.15) is 16.7 Å². The lowest BCUT2D eigenvalue weighted by Gasteiger charge is -2.04. The van der Waals surface area contributed by atoms with Gasteiger partial charge in [-0.15, -0.1) is 11.8 Å². The van der Waals surface area contributed by atoms with Crippen molar-refractivity contribution in [1.82, 2.24) is 5.43 Å². The number of nitrogens with one attached hydrogen (secondary N) is 1. The van der Waals surface area contributed by atoms with E-state index < -0.39 is 0 Å². The fourth-order valence-corrected chi connectivity index (χ4v) is 2.74. The minimum Gasteiger partial charge on any atom is -0.496 e. The van der Waals surface area contributed by atoms with Crippen molar-refractivity contribution in [3.8, 4) is 5.75 Å². The van der Waals surface area contributed by atoms with Crippen LogP contribution in [0.3, 0.4) is 0 Å². The first-order valence-corrected chi connectivity index (χ1v) is 8.42. The molecule has 0 aliphatic rings. The summed E-state index contributed by atoms with van der Waals surface area (Å²) in [5.41, 5.74) is 5.69. The maximum absolute atomic E-state index is 11.7. The van der Waals surface area contributed by atoms with E-state index in [0.717, 1.165) is 22.6 Å². The first-order chi connectivity index (χ1) is 11.2. The standard InChI is InChI=1S/C18H20N2O2S/c1-14-8-9-16(10-17(14)22-2)11-19-20-18(21)13-23-12-15-6-4-3-5-7-15/h3-11H,12-13H2,1-2H3,(H,20,21). The Labute approximate surface area is 140 Å². The van der Waals surface area contributed by atoms with Crippen molar-refractivity contribution in [2.24, 2.45) is 5.10 Å². The van der Waals surface area contributed by atoms with Crippen LogP contribution in [0, 0.1) is 6.92 Å². The lowest BCUT2D eigenvalue weighted by Crippen LogP contribution is -2.19. The number of hydrogen-bond donors (Lipinski definition) is 1. The average molecular weight is 328 g/mol. The van der Waals surface area contributed by atoms with Gasteiger partial charge in [-0.3, -0.25) is 4.79 Å². The average Bonchev–Trinajstić information content (AvgIpc) is 2.57. The van der Waals surface area contributed by atoms with Crippen LogP contribution in [0.15, 0.2) is 53.6 Å². The van der Waals surface area contributed by atoms with E-state index in [4.69, 9.17) is 4.74 Å². The quantitative estimate of drug-likeness (QED) is 0.626. The number of nitrogens with zero attached hydrogens (tertiary/aromatic N) is 1. The molecule has 0 aliphatic heterocycles. The Bertz CT molecular complexity index is 672. The number of carbonyl (C=O) groups is 1. The molecule has 1 N–H and O–H groups in total. The molecule has 0 unspecified atom stereocenters. The molecule has 23 heavy (non-hydrogen) atoms. The molecule has 0 aromatic heterocycles. The number of thioether (sulfide) groups is 1. The molecule has 2 aromatic carbocycles. The van der Waals surface area contributed by atoms with Gasteiger partial charge in [0.1, 0.15) is 5.75 Å². The summed E-state index contributed by atoms with van der Waals surface area (Å²) in [6.45, 7) is 1.98. The highest BCUT2D eigenvalue weighted by Gasteiger charge is 2.01. The van der Waals surface area contributed by atoms with Gasteiger partial charge in [0.25, 0.3) is 0 Å². The van der Waals surface area contributed by atoms with E-state index in [0.29, 0.717) is 5.75 Å². The predicted octanol–water partition coefficient (Wildman–Crippen LogP) is 3.39. The van der Waals surface area contributed by atoms with Gasteiger partial charge in [0.05, 0.1) is 19.1 Å². The lowest BCUT2D eigenvalue weighted by atomic mass is 10.1. The molecule has 1 amide bonds. The summed E-state index contributed by atoms with van der Waals surface area (Å²) in [5, 5.41) is 3.98. The van der Waals surface area contributed by atoms with Gasteiger partial charge in [0.2, 0.25) is 5.91 Å². The van der Waals surface area contributed by atoms with Crippen LogP contribution in [-0.4, -0.2) is 25.0 Å². The van der Waals surface area contributed by atoms with Crippen LogP contribution in [-0.2, 0) is 10.5 Å². The van der Waals surface area contributed by atoms with Crippen LogP contribution >= 0.6 is 11.8 Å². The highest BCUT2D eigenvalue weighted by atomic mass is 32.2. The summed E-state index contributed by atoms with van der Waals surface area (Å²) in [7, 11) is 1.63. The second-order valence-electron chi connectivity index (χ2n) is 5.00. The molecule has 0 bridgehead atoms. The zero-order valence-electron chi connectivity index (χ0n) is 13.3. The van der Waals surface area contributed by atoms with Crippen molar-refractivity contribution in [2.75, 3.05) is 12.9 Å². The Hall–Kier alpha value is -2.27. The van der Waals surface area contributed by atoms with E-state index in [1.807, 2.05) is 55.5 Å². The zero-order valence-corrected chi connectivity index (χ0v) is 14.1. The third kappa shape index (κ3) is 5.79. The maximum atomic E-state index is 11.7. The summed E-state index contributed by atoms with van der Waals surface area (Å²) >= 11 is 1.56. The summed E-state index contributed by atoms with van der Waals surface area (Å²) < 4.78 is 5.26. The van der Waals surface area contributed by atoms with Gasteiger partial charge in [-0.1, -0.05) is 42.5 Å². The van der Waals surface area contributed by atoms with E-state index in [2.05, 4.69) is 10.5 Å². The SMILES string of the molecule is COc1cc(C=NNC(=O)CSCc2ccccc2)ccc1C. The van der Waals surface area contributed by atoms with Crippen LogP contribution in [0.5, 0.6) is 5.75 Å². The van der Waals surface area contributed by atoms with Gasteiger partial charge >= 0.3 is 0 Å². The van der Waals surface area contributed by atoms with Crippen LogP contribution in [0.25, 0.3) is 0 Å². The van der Waals surface area contributed by atoms with Gasteiger partial charge in [-0.2, -0.15) is 5.10 Å². The number of methoxy groups -OCH3 is 1. The van der Waals surface area contributed by atoms with Crippen molar-refractivity contribution in [3.63, 3.8) is 0 Å². The van der Waals surface area contributed by atoms with Crippen molar-refractivity contribution in [2.45, 2.75) is 12.7 Å². The molecule has 0 saturated carbocycles. The van der Waals surface area contributed by atoms with Crippen molar-refractivity contribution in [3.05, 3.63) is 65.2 Å². The normalized spacial score (nSPS) is 10.7. The molecule has 5 heteroatoms. The Morgan fingerprint density at radius 1 is 1.26 bits per heavy atom. The van der Waals surface area contributed by atoms with E-state index in [1.54, 1.807) is 25.1 Å². The van der Waals surface area contributed by atoms with Crippen LogP contribution in [0.2, 0.25) is 0 Å². The molecule has 0 atom stereocenters. The van der Waals surface area contributed by atoms with E-state index >= 15 is 0 Å². The van der Waals surface area contributed by atoms with Gasteiger partial charge in [0, 0.05) is 5.75 Å². The number of amides is 1. The van der Waals surface area contributed by atoms with Gasteiger partial charge < -0.3 is 4.74 Å². The molecule has 0 saturated heterocycles. The van der Waals surface area contributed by atoms with Gasteiger partial charge in [-0.05, 0) is 29.7 Å². The molecule has 0 heterocycles. The molecule has 0 fully saturated rings. The zero-order chi connectivity index (χ0) is 16.5. The Morgan fingerprint density at radius 3 is 2.78 bits per heavy atom. The number of hydrazone groups is 1. The second kappa shape index (κ2) is 9.00. The van der Waals surface area contributed by atoms with Crippen molar-refractivity contribution >= 4 is 23.9 Å². The maximum Gasteiger partial charge on any atom is 0.250 e. The summed E-state index contributed by atoms with van der Waals surface area (Å²) in [4.78, 5) is 11.7. The number of carbonyl (C=O) groups excluding carboxylic acids is 1. The van der Waals surface area contributed by atoms with Gasteiger partial charge in [0.15, 0.2) is 0 Å². The highest BCUT2D eigenvalue weighted by Crippen LogP contribution is 2.17. The molecule has 4 nitrogen and oxygen atoms in total. The molecule has 0 radical (unpaired) electrons. The molecule has 2 rings (SSSR count). The summed E-state index contributed by atoms with van der Waals surface area (Å²) in [6, 6.07) is 15.8. The topological polar surface area (TPSA) is 50.7 Å². The lowest BCUT2D eigenvalue weighted by molar-refractivity contribution is -0.118. The number of benzene rings is 2. The Kier molecular flexibility index (Phi) is 6.69. The number of hydrogen-bond acceptors (Lipinski definition) is 4. The molecule has 2 aromatic rings. The van der Waals surface area contributed by atoms with Crippen molar-refractivity contribution < 1.29 is 9.53 Å². The predicted molar refractivity (Wildman–Crippen MR) is 96.1 cm³/mol. The fraction of sp³-hybridized carbons (Fsp3) is 0.222. The minimum absolute atomic E-state index is 0.110. The number of rotatable bonds is 7. The second-order valence-corrected chi connectivity index (χ2v) is 5.99. The number of ether oxygens (including phenoxy) is 1. The Morgan fingerprint density at radius 2 is 2.04 bits per heavy atom. The highest BCUT2D eigenvalue weighted by molar-refractivity contribution is 7.99. The molecular formula is C18H20N2O2S. The van der Waals surface area contributed by atoms with E-state index in [9.17, 15) is 4.79 Å². The number of aryl methyl sites for hydroxylation is 1. The van der Waals surface area contributed by atoms with Gasteiger partial charge in [-0.25, -0.2) is 5.43 Å². The molecule has 0 aliphatic carbocycles. The van der Waals surface area contributed by atoms with E-state index in [1.165, 1.54) is 5.56 Å². The Balaban J connectivity index is 1.75. The summed E-state index contributed by atoms with van der Waals surface area (Å²) in [5.74, 6) is 1.89. The first-order valence-electron chi connectivity index (χ1n) is 7.27. The smallest absolute Gasteiger partial charge is 0.250 e. The van der Waals surface area contributed by atoms with Crippen LogP contribution < -0.4 is 10.2 Å². The summed E-state index contributed by atoms with van der Waals surface area (Å²) in [6.07, 6.45) is 1.61. The largest absolute Gasteiger partial charge is 0.496 e. The third-order valence-corrected chi connectivity index (χ3v) is 4.18. The minimum atomic E-state index is -0.110. The monoisotopic (exact) mass is 328 g/mol. The first kappa shape index (κ1) is 17.1. The molecule has 0 spiro atoms. The van der Waals surface area contributed by atoms with Crippen LogP contribution in [0.4, 0.5) is 0 Å². The van der Waals surface area contributed by atoms with Crippen molar-refractivity contribution in [1.29, 1.82) is 0 Å². The van der Waals surface area contributed by atoms with E-state index in [-0.39, 0.29) is 5.91 Å². The fourth-order valence-electron chi connectivity index (χ4n) is 1.96.